The van der Waals surface area contributed by atoms with Crippen LogP contribution >= 0.6 is 0 Å². The monoisotopic (exact) mass is 700 g/mol. The predicted octanol–water partition coefficient (Wildman–Crippen LogP) is 7.57. The minimum Gasteiger partial charge on any atom is -0.469 e. The van der Waals surface area contributed by atoms with Crippen LogP contribution in [0.5, 0.6) is 0 Å². The number of methoxy groups -OCH3 is 1. The SMILES string of the molecule is CC#CCCC(C)(C=C[C@@H]1[C@@H](CC=CCCCC(=O)OC)[C@@H](OS(=O)(=O)c2ccc(C)cc2)C[C@H]1OC1CCCCO1)OC1CCCCO1. The minimum absolute atomic E-state index is 0.132. The van der Waals surface area contributed by atoms with Crippen LogP contribution in [-0.2, 0) is 42.8 Å². The van der Waals surface area contributed by atoms with E-state index in [0.29, 0.717) is 58.2 Å². The number of carbonyl (C=O) groups is 1. The molecule has 7 atom stereocenters. The van der Waals surface area contributed by atoms with Gasteiger partial charge in [-0.3, -0.25) is 8.98 Å². The molecule has 1 aliphatic carbocycles. The maximum absolute atomic E-state index is 13.6. The van der Waals surface area contributed by atoms with Gasteiger partial charge in [0.15, 0.2) is 12.6 Å². The summed E-state index contributed by atoms with van der Waals surface area (Å²) < 4.78 is 63.3. The van der Waals surface area contributed by atoms with Crippen molar-refractivity contribution in [1.29, 1.82) is 0 Å². The molecule has 49 heavy (non-hydrogen) atoms. The van der Waals surface area contributed by atoms with Gasteiger partial charge in [-0.15, -0.1) is 11.8 Å². The van der Waals surface area contributed by atoms with Gasteiger partial charge in [0.25, 0.3) is 10.1 Å². The molecule has 4 rings (SSSR count). The molecule has 3 fully saturated rings. The Morgan fingerprint density at radius 1 is 1.02 bits per heavy atom. The quantitative estimate of drug-likeness (QED) is 0.0535. The van der Waals surface area contributed by atoms with Crippen molar-refractivity contribution >= 4 is 16.1 Å². The van der Waals surface area contributed by atoms with Crippen molar-refractivity contribution in [3.8, 4) is 11.8 Å². The molecule has 1 saturated carbocycles. The Morgan fingerprint density at radius 3 is 2.39 bits per heavy atom. The van der Waals surface area contributed by atoms with Crippen LogP contribution in [-0.4, -0.2) is 65.1 Å². The van der Waals surface area contributed by atoms with Crippen molar-refractivity contribution in [2.24, 2.45) is 11.8 Å². The van der Waals surface area contributed by atoms with Crippen molar-refractivity contribution in [3.05, 3.63) is 54.1 Å². The molecular formula is C39H56O9S. The minimum atomic E-state index is -4.05. The van der Waals surface area contributed by atoms with Gasteiger partial charge in [0, 0.05) is 38.4 Å². The fraction of sp³-hybridized carbons (Fsp3) is 0.667. The average molecular weight is 701 g/mol. The van der Waals surface area contributed by atoms with Crippen LogP contribution in [0, 0.1) is 30.6 Å². The number of carbonyl (C=O) groups excluding carboxylic acids is 1. The highest BCUT2D eigenvalue weighted by atomic mass is 32.2. The molecule has 0 bridgehead atoms. The number of unbranched alkanes of at least 4 members (excludes halogenated alkanes) is 1. The molecular weight excluding hydrogens is 644 g/mol. The first-order valence-electron chi connectivity index (χ1n) is 18.0. The van der Waals surface area contributed by atoms with Gasteiger partial charge in [-0.25, -0.2) is 0 Å². The summed E-state index contributed by atoms with van der Waals surface area (Å²) in [6.45, 7) is 7.15. The Morgan fingerprint density at radius 2 is 1.73 bits per heavy atom. The van der Waals surface area contributed by atoms with E-state index in [0.717, 1.165) is 44.1 Å². The zero-order valence-electron chi connectivity index (χ0n) is 29.8. The fourth-order valence-corrected chi connectivity index (χ4v) is 7.85. The molecule has 9 nitrogen and oxygen atoms in total. The summed E-state index contributed by atoms with van der Waals surface area (Å²) >= 11 is 0. The second kappa shape index (κ2) is 19.8. The van der Waals surface area contributed by atoms with Gasteiger partial charge >= 0.3 is 5.97 Å². The highest BCUT2D eigenvalue weighted by molar-refractivity contribution is 7.86. The lowest BCUT2D eigenvalue weighted by molar-refractivity contribution is -0.208. The Hall–Kier alpha value is -2.52. The van der Waals surface area contributed by atoms with E-state index < -0.39 is 21.8 Å². The van der Waals surface area contributed by atoms with Gasteiger partial charge in [-0.2, -0.15) is 8.42 Å². The number of ether oxygens (including phenoxy) is 5. The number of esters is 1. The van der Waals surface area contributed by atoms with Crippen molar-refractivity contribution < 1.29 is 41.1 Å². The standard InChI is InChI=1S/C39H56O9S/c1-5-6-13-25-39(3,47-38-19-12-15-28-45-38)26-24-33-32(16-9-7-8-10-17-36(40)43-4)35(29-34(33)46-37-18-11-14-27-44-37)48-49(41,42)31-22-20-30(2)21-23-31/h7,9,20-24,26,32-35,37-38H,8,10-19,25,27-29H2,1-4H3/t32-,33-,34-,35+,37?,38?,39?/m1/s1. The van der Waals surface area contributed by atoms with Crippen molar-refractivity contribution in [3.63, 3.8) is 0 Å². The van der Waals surface area contributed by atoms with E-state index >= 15 is 0 Å². The molecule has 3 aliphatic rings. The smallest absolute Gasteiger partial charge is 0.305 e. The van der Waals surface area contributed by atoms with E-state index in [1.54, 1.807) is 24.3 Å². The van der Waals surface area contributed by atoms with E-state index in [9.17, 15) is 13.2 Å². The average Bonchev–Trinajstić information content (AvgIpc) is 3.40. The molecule has 0 N–H and O–H groups in total. The molecule has 2 aliphatic heterocycles. The summed E-state index contributed by atoms with van der Waals surface area (Å²) in [7, 11) is -2.65. The summed E-state index contributed by atoms with van der Waals surface area (Å²) in [4.78, 5) is 11.7. The van der Waals surface area contributed by atoms with Crippen LogP contribution in [0.15, 0.2) is 53.5 Å². The summed E-state index contributed by atoms with van der Waals surface area (Å²) in [5, 5.41) is 0. The highest BCUT2D eigenvalue weighted by Gasteiger charge is 2.46. The number of aryl methyl sites for hydroxylation is 1. The third kappa shape index (κ3) is 12.6. The molecule has 0 spiro atoms. The van der Waals surface area contributed by atoms with Crippen molar-refractivity contribution in [2.75, 3.05) is 20.3 Å². The molecule has 3 unspecified atom stereocenters. The van der Waals surface area contributed by atoms with Gasteiger partial charge in [-0.05, 0) is 103 Å². The second-order valence-electron chi connectivity index (χ2n) is 13.5. The van der Waals surface area contributed by atoms with E-state index in [1.807, 2.05) is 19.9 Å². The fourth-order valence-electron chi connectivity index (χ4n) is 6.73. The lowest BCUT2D eigenvalue weighted by Gasteiger charge is -2.34. The third-order valence-corrected chi connectivity index (χ3v) is 10.9. The Labute approximate surface area is 294 Å². The van der Waals surface area contributed by atoms with Gasteiger partial charge in [0.2, 0.25) is 0 Å². The Kier molecular flexibility index (Phi) is 15.8. The third-order valence-electron chi connectivity index (χ3n) is 9.58. The van der Waals surface area contributed by atoms with Gasteiger partial charge in [0.1, 0.15) is 0 Å². The highest BCUT2D eigenvalue weighted by Crippen LogP contribution is 2.43. The first-order chi connectivity index (χ1) is 23.6. The molecule has 2 heterocycles. The first-order valence-corrected chi connectivity index (χ1v) is 19.4. The Balaban J connectivity index is 1.63. The number of allylic oxidation sites excluding steroid dienone is 2. The largest absolute Gasteiger partial charge is 0.469 e. The van der Waals surface area contributed by atoms with Crippen LogP contribution in [0.4, 0.5) is 0 Å². The summed E-state index contributed by atoms with van der Waals surface area (Å²) in [6.07, 6.45) is 16.5. The number of hydrogen-bond acceptors (Lipinski definition) is 9. The molecule has 1 aromatic rings. The van der Waals surface area contributed by atoms with Crippen LogP contribution in [0.3, 0.4) is 0 Å². The summed E-state index contributed by atoms with van der Waals surface area (Å²) in [5.74, 6) is 5.53. The van der Waals surface area contributed by atoms with E-state index in [4.69, 9.17) is 27.9 Å². The maximum Gasteiger partial charge on any atom is 0.305 e. The van der Waals surface area contributed by atoms with Gasteiger partial charge in [0.05, 0.1) is 29.8 Å². The zero-order chi connectivity index (χ0) is 35.1. The van der Waals surface area contributed by atoms with Crippen LogP contribution in [0.25, 0.3) is 0 Å². The zero-order valence-corrected chi connectivity index (χ0v) is 30.6. The van der Waals surface area contributed by atoms with Crippen LogP contribution < -0.4 is 0 Å². The molecule has 0 radical (unpaired) electrons. The maximum atomic E-state index is 13.6. The summed E-state index contributed by atoms with van der Waals surface area (Å²) in [6, 6.07) is 6.73. The van der Waals surface area contributed by atoms with E-state index in [1.165, 1.54) is 7.11 Å². The van der Waals surface area contributed by atoms with Crippen LogP contribution in [0.2, 0.25) is 0 Å². The van der Waals surface area contributed by atoms with E-state index in [-0.39, 0.29) is 41.4 Å². The van der Waals surface area contributed by atoms with E-state index in [2.05, 4.69) is 37.0 Å². The van der Waals surface area contributed by atoms with Crippen molar-refractivity contribution in [2.45, 2.75) is 140 Å². The normalized spacial score (nSPS) is 27.5. The molecule has 2 saturated heterocycles. The van der Waals surface area contributed by atoms with Crippen molar-refractivity contribution in [1.82, 2.24) is 0 Å². The Bertz CT molecular complexity index is 1380. The predicted molar refractivity (Wildman–Crippen MR) is 188 cm³/mol. The molecule has 10 heteroatoms. The lowest BCUT2D eigenvalue weighted by Crippen LogP contribution is -2.36. The number of benzene rings is 1. The second-order valence-corrected chi connectivity index (χ2v) is 15.1. The van der Waals surface area contributed by atoms with Crippen LogP contribution in [0.1, 0.15) is 103 Å². The molecule has 0 aromatic heterocycles. The topological polar surface area (TPSA) is 107 Å². The molecule has 272 valence electrons. The van der Waals surface area contributed by atoms with Gasteiger partial charge in [-0.1, -0.05) is 42.0 Å². The number of rotatable bonds is 17. The lowest BCUT2D eigenvalue weighted by atomic mass is 9.87. The molecule has 0 amide bonds. The first kappa shape index (κ1) is 39.3. The van der Waals surface area contributed by atoms with Gasteiger partial charge < -0.3 is 23.7 Å². The number of hydrogen-bond donors (Lipinski definition) is 0. The summed E-state index contributed by atoms with van der Waals surface area (Å²) in [5.41, 5.74) is 0.314. The molecule has 1 aromatic carbocycles.